The van der Waals surface area contributed by atoms with Gasteiger partial charge in [-0.1, -0.05) is 0 Å². The van der Waals surface area contributed by atoms with Gasteiger partial charge in [0.2, 0.25) is 0 Å². The molecule has 2 aliphatic rings. The average Bonchev–Trinajstić information content (AvgIpc) is 2.80. The van der Waals surface area contributed by atoms with Gasteiger partial charge in [0.15, 0.2) is 0 Å². The molecule has 80 valence electrons. The third-order valence-electron chi connectivity index (χ3n) is 1.59. The van der Waals surface area contributed by atoms with E-state index in [4.69, 9.17) is 0 Å². The van der Waals surface area contributed by atoms with E-state index in [0.717, 1.165) is 12.5 Å². The zero-order valence-corrected chi connectivity index (χ0v) is 11.5. The molecule has 0 saturated carbocycles. The third kappa shape index (κ3) is 5.92. The predicted octanol–water partition coefficient (Wildman–Crippen LogP) is 3.54. The molecule has 2 aliphatic carbocycles. The summed E-state index contributed by atoms with van der Waals surface area (Å²) in [6.45, 7) is 0. The van der Waals surface area contributed by atoms with Crippen LogP contribution in [0.3, 0.4) is 0 Å². The Morgan fingerprint density at radius 2 is 1.87 bits per heavy atom. The molecular weight excluding hydrogens is 368 g/mol. The molecule has 0 aromatic heterocycles. The Morgan fingerprint density at radius 1 is 1.13 bits per heavy atom. The fourth-order valence-corrected chi connectivity index (χ4v) is 0.940. The van der Waals surface area contributed by atoms with Crippen LogP contribution in [0.4, 0.5) is 13.2 Å². The van der Waals surface area contributed by atoms with Crippen LogP contribution in [0.25, 0.3) is 0 Å². The van der Waals surface area contributed by atoms with Gasteiger partial charge in [-0.05, 0) is 0 Å². The number of hydrogen-bond donors (Lipinski definition) is 0. The smallest absolute Gasteiger partial charge is 0.273 e. The van der Waals surface area contributed by atoms with Gasteiger partial charge in [-0.2, -0.15) is 25.3 Å². The summed E-state index contributed by atoms with van der Waals surface area (Å²) in [5.41, 5.74) is -0.650. The van der Waals surface area contributed by atoms with Gasteiger partial charge >= 0.3 is 6.18 Å². The fourth-order valence-electron chi connectivity index (χ4n) is 0.940. The molecule has 0 radical (unpaired) electrons. The normalized spacial score (nSPS) is 16.9. The van der Waals surface area contributed by atoms with Gasteiger partial charge in [0, 0.05) is 25.8 Å². The van der Waals surface area contributed by atoms with Gasteiger partial charge in [0.05, 0.1) is 0 Å². The first-order chi connectivity index (χ1) is 6.61. The van der Waals surface area contributed by atoms with E-state index >= 15 is 0 Å². The second-order valence-electron chi connectivity index (χ2n) is 2.70. The van der Waals surface area contributed by atoms with Crippen molar-refractivity contribution >= 4 is 0 Å². The Hall–Kier alpha value is -0.380. The number of alkyl halides is 3. The molecule has 15 heavy (non-hydrogen) atoms. The summed E-state index contributed by atoms with van der Waals surface area (Å²) in [6, 6.07) is 0. The molecule has 0 aromatic carbocycles. The molecule has 0 amide bonds. The molecule has 2 rings (SSSR count). The van der Waals surface area contributed by atoms with Crippen molar-refractivity contribution in [2.75, 3.05) is 0 Å². The van der Waals surface area contributed by atoms with Crippen molar-refractivity contribution < 1.29 is 39.0 Å². The first-order valence-electron chi connectivity index (χ1n) is 4.17. The average molecular weight is 377 g/mol. The molecule has 0 nitrogen and oxygen atoms in total. The first kappa shape index (κ1) is 14.6. The molecule has 0 N–H and O–H groups in total. The van der Waals surface area contributed by atoms with Gasteiger partial charge in [-0.15, -0.1) is 18.4 Å². The van der Waals surface area contributed by atoms with Crippen LogP contribution in [-0.4, -0.2) is 6.18 Å². The maximum absolute atomic E-state index is 11.6. The minimum Gasteiger partial charge on any atom is -0.273 e. The zero-order chi connectivity index (χ0) is 10.4. The number of allylic oxidation sites excluding steroid dienone is 8. The van der Waals surface area contributed by atoms with Crippen LogP contribution < -0.4 is 0 Å². The molecule has 0 unspecified atom stereocenters. The van der Waals surface area contributed by atoms with Crippen LogP contribution >= 0.6 is 0 Å². The van der Waals surface area contributed by atoms with E-state index in [-0.39, 0.29) is 32.3 Å². The van der Waals surface area contributed by atoms with Crippen molar-refractivity contribution in [3.63, 3.8) is 0 Å². The number of halogens is 3. The van der Waals surface area contributed by atoms with Crippen LogP contribution in [0, 0.1) is 12.2 Å². The number of hydrogen-bond acceptors (Lipinski definition) is 0. The largest absolute Gasteiger partial charge is 0.384 e. The molecular formula is C11H9F3Hf-2. The molecule has 0 spiro atoms. The molecule has 0 atom stereocenters. The van der Waals surface area contributed by atoms with E-state index in [9.17, 15) is 13.2 Å². The summed E-state index contributed by atoms with van der Waals surface area (Å²) in [7, 11) is 0. The standard InChI is InChI=1S/C6H4F3.C5H5.Hf/c7-6(8,9)5-3-1-2-4-5;1-2-4-5-3-1;/h1,3H,2H2;1-3H,4H2;/q2*-1;. The minimum absolute atomic E-state index is 0. The minimum atomic E-state index is -4.20. The topological polar surface area (TPSA) is 0 Å². The zero-order valence-electron chi connectivity index (χ0n) is 7.93. The monoisotopic (exact) mass is 378 g/mol. The van der Waals surface area contributed by atoms with Gasteiger partial charge in [0.25, 0.3) is 0 Å². The number of rotatable bonds is 0. The van der Waals surface area contributed by atoms with E-state index in [1.165, 1.54) is 6.08 Å². The molecule has 0 aromatic rings. The van der Waals surface area contributed by atoms with E-state index < -0.39 is 11.7 Å². The maximum atomic E-state index is 11.6. The molecule has 0 fully saturated rings. The molecule has 0 heterocycles. The summed E-state index contributed by atoms with van der Waals surface area (Å²) in [5.74, 6) is 0. The van der Waals surface area contributed by atoms with Crippen molar-refractivity contribution in [2.24, 2.45) is 0 Å². The third-order valence-corrected chi connectivity index (χ3v) is 1.59. The summed E-state index contributed by atoms with van der Waals surface area (Å²) < 4.78 is 34.8. The van der Waals surface area contributed by atoms with Crippen LogP contribution in [0.1, 0.15) is 12.8 Å². The Kier molecular flexibility index (Phi) is 6.81. The van der Waals surface area contributed by atoms with Gasteiger partial charge in [-0.25, -0.2) is 18.2 Å². The van der Waals surface area contributed by atoms with Gasteiger partial charge < -0.3 is 0 Å². The second kappa shape index (κ2) is 6.99. The summed E-state index contributed by atoms with van der Waals surface area (Å²) >= 11 is 0. The van der Waals surface area contributed by atoms with E-state index in [0.29, 0.717) is 0 Å². The molecule has 0 saturated heterocycles. The van der Waals surface area contributed by atoms with Crippen molar-refractivity contribution in [1.29, 1.82) is 0 Å². The maximum Gasteiger partial charge on any atom is 0.384 e. The van der Waals surface area contributed by atoms with Crippen LogP contribution in [0.15, 0.2) is 36.0 Å². The second-order valence-corrected chi connectivity index (χ2v) is 2.70. The van der Waals surface area contributed by atoms with Crippen molar-refractivity contribution in [3.8, 4) is 0 Å². The molecule has 4 heteroatoms. The predicted molar refractivity (Wildman–Crippen MR) is 48.1 cm³/mol. The SMILES string of the molecule is FC(F)(F)C1=[C-]CC=C1.[C-]1=CC=CC1.[Hf]. The fraction of sp³-hybridized carbons (Fsp3) is 0.273. The summed E-state index contributed by atoms with van der Waals surface area (Å²) in [4.78, 5) is 0. The Bertz CT molecular complexity index is 285. The van der Waals surface area contributed by atoms with Crippen LogP contribution in [-0.2, 0) is 25.8 Å². The summed E-state index contributed by atoms with van der Waals surface area (Å²) in [6.07, 6.45) is 10.7. The quantitative estimate of drug-likeness (QED) is 0.448. The molecule has 0 aliphatic heterocycles. The Labute approximate surface area is 106 Å². The van der Waals surface area contributed by atoms with Crippen molar-refractivity contribution in [2.45, 2.75) is 19.0 Å². The summed E-state index contributed by atoms with van der Waals surface area (Å²) in [5, 5.41) is 0. The van der Waals surface area contributed by atoms with Crippen LogP contribution in [0.5, 0.6) is 0 Å². The van der Waals surface area contributed by atoms with Crippen molar-refractivity contribution in [1.82, 2.24) is 0 Å². The van der Waals surface area contributed by atoms with E-state index in [1.54, 1.807) is 0 Å². The van der Waals surface area contributed by atoms with Crippen molar-refractivity contribution in [3.05, 3.63) is 48.1 Å². The molecule has 0 bridgehead atoms. The van der Waals surface area contributed by atoms with Crippen LogP contribution in [0.2, 0.25) is 0 Å². The van der Waals surface area contributed by atoms with Gasteiger partial charge in [0.1, 0.15) is 0 Å². The Balaban J connectivity index is 0.000000280. The van der Waals surface area contributed by atoms with E-state index in [2.05, 4.69) is 18.2 Å². The first-order valence-corrected chi connectivity index (χ1v) is 4.17. The van der Waals surface area contributed by atoms with E-state index in [1.807, 2.05) is 12.2 Å². The Morgan fingerprint density at radius 3 is 2.07 bits per heavy atom. The van der Waals surface area contributed by atoms with Gasteiger partial charge in [-0.3, -0.25) is 12.2 Å².